The van der Waals surface area contributed by atoms with Crippen LogP contribution in [0.15, 0.2) is 29.2 Å². The van der Waals surface area contributed by atoms with Crippen LogP contribution in [0.25, 0.3) is 0 Å². The van der Waals surface area contributed by atoms with Crippen LogP contribution in [-0.2, 0) is 16.0 Å². The van der Waals surface area contributed by atoms with E-state index in [-0.39, 0.29) is 0 Å². The Kier molecular flexibility index (Phi) is 7.25. The number of methoxy groups -OCH3 is 2. The molecule has 0 heterocycles. The molecule has 0 aromatic heterocycles. The molecule has 0 saturated heterocycles. The Labute approximate surface area is 102 Å². The third-order valence-corrected chi connectivity index (χ3v) is 2.99. The van der Waals surface area contributed by atoms with Crippen LogP contribution in [0.5, 0.6) is 0 Å². The number of thioether (sulfide) groups is 1. The lowest BCUT2D eigenvalue weighted by Gasteiger charge is -2.06. The Morgan fingerprint density at radius 1 is 1.25 bits per heavy atom. The number of hydrogen-bond donors (Lipinski definition) is 1. The Morgan fingerprint density at radius 2 is 2.12 bits per heavy atom. The van der Waals surface area contributed by atoms with Crippen LogP contribution in [0.1, 0.15) is 5.56 Å². The van der Waals surface area contributed by atoms with Crippen LogP contribution in [0.2, 0.25) is 0 Å². The Balaban J connectivity index is 2.35. The van der Waals surface area contributed by atoms with Crippen LogP contribution in [0.3, 0.4) is 0 Å². The number of rotatable bonds is 8. The summed E-state index contributed by atoms with van der Waals surface area (Å²) in [7, 11) is 3.42. The van der Waals surface area contributed by atoms with Gasteiger partial charge in [0.15, 0.2) is 0 Å². The number of benzene rings is 1. The molecule has 0 saturated carbocycles. The van der Waals surface area contributed by atoms with Crippen molar-refractivity contribution in [3.8, 4) is 0 Å². The second kappa shape index (κ2) is 8.58. The summed E-state index contributed by atoms with van der Waals surface area (Å²) in [5.74, 6) is 0.695. The Morgan fingerprint density at radius 3 is 2.88 bits per heavy atom. The summed E-state index contributed by atoms with van der Waals surface area (Å²) < 4.78 is 10.0. The zero-order valence-corrected chi connectivity index (χ0v) is 10.7. The molecule has 16 heavy (non-hydrogen) atoms. The van der Waals surface area contributed by atoms with E-state index in [1.165, 1.54) is 10.5 Å². The van der Waals surface area contributed by atoms with E-state index >= 15 is 0 Å². The van der Waals surface area contributed by atoms with Crippen LogP contribution in [0, 0.1) is 0 Å². The van der Waals surface area contributed by atoms with Gasteiger partial charge in [0.2, 0.25) is 0 Å². The SMILES string of the molecule is COCCNCc1cccc(SCOC)c1. The highest BCUT2D eigenvalue weighted by atomic mass is 32.2. The van der Waals surface area contributed by atoms with Crippen LogP contribution < -0.4 is 5.32 Å². The van der Waals surface area contributed by atoms with Gasteiger partial charge in [-0.25, -0.2) is 0 Å². The average Bonchev–Trinajstić information content (AvgIpc) is 2.33. The quantitative estimate of drug-likeness (QED) is 0.429. The number of ether oxygens (including phenoxy) is 2. The first-order chi connectivity index (χ1) is 7.86. The molecule has 0 aliphatic heterocycles. The molecule has 0 aliphatic carbocycles. The highest BCUT2D eigenvalue weighted by molar-refractivity contribution is 7.99. The van der Waals surface area contributed by atoms with Gasteiger partial charge in [-0.3, -0.25) is 0 Å². The topological polar surface area (TPSA) is 30.5 Å². The smallest absolute Gasteiger partial charge is 0.0963 e. The first-order valence-corrected chi connectivity index (χ1v) is 6.25. The summed E-state index contributed by atoms with van der Waals surface area (Å²) in [6.45, 7) is 2.51. The molecular weight excluding hydrogens is 222 g/mol. The predicted molar refractivity (Wildman–Crippen MR) is 67.8 cm³/mol. The van der Waals surface area contributed by atoms with Crippen molar-refractivity contribution in [3.63, 3.8) is 0 Å². The fourth-order valence-electron chi connectivity index (χ4n) is 1.28. The van der Waals surface area contributed by atoms with Gasteiger partial charge in [0, 0.05) is 32.2 Å². The van der Waals surface area contributed by atoms with E-state index in [0.29, 0.717) is 5.94 Å². The Hall–Kier alpha value is -0.550. The molecule has 1 N–H and O–H groups in total. The van der Waals surface area contributed by atoms with E-state index in [0.717, 1.165) is 19.7 Å². The maximum atomic E-state index is 5.03. The monoisotopic (exact) mass is 241 g/mol. The van der Waals surface area contributed by atoms with Crippen LogP contribution >= 0.6 is 11.8 Å². The lowest BCUT2D eigenvalue weighted by Crippen LogP contribution is -2.18. The molecule has 4 heteroatoms. The molecule has 0 fully saturated rings. The van der Waals surface area contributed by atoms with Gasteiger partial charge >= 0.3 is 0 Å². The van der Waals surface area contributed by atoms with Gasteiger partial charge in [-0.2, -0.15) is 0 Å². The molecule has 0 radical (unpaired) electrons. The van der Waals surface area contributed by atoms with Crippen molar-refractivity contribution in [2.75, 3.05) is 33.3 Å². The summed E-state index contributed by atoms with van der Waals surface area (Å²) in [5.41, 5.74) is 1.29. The van der Waals surface area contributed by atoms with E-state index in [4.69, 9.17) is 9.47 Å². The minimum absolute atomic E-state index is 0.695. The van der Waals surface area contributed by atoms with E-state index in [1.807, 2.05) is 0 Å². The van der Waals surface area contributed by atoms with Crippen molar-refractivity contribution in [1.29, 1.82) is 0 Å². The molecule has 0 bridgehead atoms. The van der Waals surface area contributed by atoms with Gasteiger partial charge in [0.05, 0.1) is 12.5 Å². The maximum Gasteiger partial charge on any atom is 0.0963 e. The first kappa shape index (κ1) is 13.5. The maximum absolute atomic E-state index is 5.03. The molecule has 1 rings (SSSR count). The van der Waals surface area contributed by atoms with E-state index in [1.54, 1.807) is 26.0 Å². The molecule has 0 amide bonds. The van der Waals surface area contributed by atoms with Gasteiger partial charge in [-0.15, -0.1) is 0 Å². The summed E-state index contributed by atoms with van der Waals surface area (Å²) in [6.07, 6.45) is 0. The molecule has 1 aromatic rings. The van der Waals surface area contributed by atoms with Crippen molar-refractivity contribution in [2.24, 2.45) is 0 Å². The average molecular weight is 241 g/mol. The Bertz CT molecular complexity index is 294. The molecule has 0 spiro atoms. The number of nitrogens with one attached hydrogen (secondary N) is 1. The van der Waals surface area contributed by atoms with Gasteiger partial charge in [0.25, 0.3) is 0 Å². The predicted octanol–water partition coefficient (Wildman–Crippen LogP) is 2.12. The molecule has 1 aromatic carbocycles. The van der Waals surface area contributed by atoms with Gasteiger partial charge in [-0.1, -0.05) is 23.9 Å². The first-order valence-electron chi connectivity index (χ1n) is 5.27. The highest BCUT2D eigenvalue weighted by Gasteiger charge is 1.96. The third-order valence-electron chi connectivity index (χ3n) is 2.05. The lowest BCUT2D eigenvalue weighted by atomic mass is 10.2. The zero-order valence-electron chi connectivity index (χ0n) is 9.86. The fraction of sp³-hybridized carbons (Fsp3) is 0.500. The minimum atomic E-state index is 0.695. The molecule has 3 nitrogen and oxygen atoms in total. The van der Waals surface area contributed by atoms with Crippen LogP contribution in [0.4, 0.5) is 0 Å². The standard InChI is InChI=1S/C12H19NO2S/c1-14-7-6-13-9-11-4-3-5-12(8-11)16-10-15-2/h3-5,8,13H,6-7,9-10H2,1-2H3. The minimum Gasteiger partial charge on any atom is -0.383 e. The van der Waals surface area contributed by atoms with Crippen LogP contribution in [-0.4, -0.2) is 33.3 Å². The summed E-state index contributed by atoms with van der Waals surface area (Å²) in [5, 5.41) is 3.32. The lowest BCUT2D eigenvalue weighted by molar-refractivity contribution is 0.199. The van der Waals surface area contributed by atoms with Crippen molar-refractivity contribution in [3.05, 3.63) is 29.8 Å². The largest absolute Gasteiger partial charge is 0.383 e. The van der Waals surface area contributed by atoms with Crippen molar-refractivity contribution < 1.29 is 9.47 Å². The van der Waals surface area contributed by atoms with Crippen molar-refractivity contribution in [2.45, 2.75) is 11.4 Å². The van der Waals surface area contributed by atoms with Crippen molar-refractivity contribution in [1.82, 2.24) is 5.32 Å². The highest BCUT2D eigenvalue weighted by Crippen LogP contribution is 2.18. The van der Waals surface area contributed by atoms with Gasteiger partial charge < -0.3 is 14.8 Å². The van der Waals surface area contributed by atoms with Gasteiger partial charge in [0.1, 0.15) is 0 Å². The number of hydrogen-bond acceptors (Lipinski definition) is 4. The van der Waals surface area contributed by atoms with Crippen molar-refractivity contribution >= 4 is 11.8 Å². The molecule has 0 unspecified atom stereocenters. The summed E-state index contributed by atoms with van der Waals surface area (Å²) in [4.78, 5) is 1.24. The summed E-state index contributed by atoms with van der Waals surface area (Å²) in [6, 6.07) is 8.48. The summed E-state index contributed by atoms with van der Waals surface area (Å²) >= 11 is 1.70. The fourth-order valence-corrected chi connectivity index (χ4v) is 1.94. The molecular formula is C12H19NO2S. The molecule has 0 aliphatic rings. The second-order valence-corrected chi connectivity index (χ2v) is 4.36. The third kappa shape index (κ3) is 5.51. The normalized spacial score (nSPS) is 10.6. The zero-order chi connectivity index (χ0) is 11.6. The van der Waals surface area contributed by atoms with E-state index < -0.39 is 0 Å². The second-order valence-electron chi connectivity index (χ2n) is 3.37. The van der Waals surface area contributed by atoms with E-state index in [9.17, 15) is 0 Å². The molecule has 90 valence electrons. The molecule has 0 atom stereocenters. The van der Waals surface area contributed by atoms with Gasteiger partial charge in [-0.05, 0) is 17.7 Å². The van der Waals surface area contributed by atoms with E-state index in [2.05, 4.69) is 29.6 Å².